The lowest BCUT2D eigenvalue weighted by Crippen LogP contribution is -2.34. The highest BCUT2D eigenvalue weighted by Crippen LogP contribution is 2.36. The first-order valence-corrected chi connectivity index (χ1v) is 5.98. The van der Waals surface area contributed by atoms with Gasteiger partial charge in [-0.1, -0.05) is 42.0 Å². The van der Waals surface area contributed by atoms with Crippen LogP contribution in [0.25, 0.3) is 10.8 Å². The average molecular weight is 211 g/mol. The molecule has 1 saturated carbocycles. The highest BCUT2D eigenvalue weighted by Gasteiger charge is 2.27. The molecule has 1 aliphatic carbocycles. The van der Waals surface area contributed by atoms with E-state index in [0.29, 0.717) is 12.0 Å². The van der Waals surface area contributed by atoms with Crippen molar-refractivity contribution in [3.8, 4) is 0 Å². The normalized spacial score (nSPS) is 24.4. The van der Waals surface area contributed by atoms with Crippen LogP contribution in [-0.2, 0) is 0 Å². The molecular formula is C15H17N. The zero-order valence-corrected chi connectivity index (χ0v) is 9.61. The monoisotopic (exact) mass is 211 g/mol. The van der Waals surface area contributed by atoms with E-state index in [1.807, 2.05) is 0 Å². The zero-order valence-electron chi connectivity index (χ0n) is 9.61. The lowest BCUT2D eigenvalue weighted by Gasteiger charge is -2.32. The van der Waals surface area contributed by atoms with Crippen LogP contribution >= 0.6 is 0 Å². The van der Waals surface area contributed by atoms with Crippen molar-refractivity contribution in [2.24, 2.45) is 5.73 Å². The molecule has 2 aromatic carbocycles. The number of hydrogen-bond acceptors (Lipinski definition) is 1. The molecule has 0 heterocycles. The molecular weight excluding hydrogens is 194 g/mol. The minimum absolute atomic E-state index is 0.429. The van der Waals surface area contributed by atoms with Gasteiger partial charge in [0, 0.05) is 6.04 Å². The summed E-state index contributed by atoms with van der Waals surface area (Å²) < 4.78 is 0. The molecule has 1 fully saturated rings. The summed E-state index contributed by atoms with van der Waals surface area (Å²) in [4.78, 5) is 0. The Kier molecular flexibility index (Phi) is 2.22. The molecule has 0 radical (unpaired) electrons. The number of rotatable bonds is 1. The maximum atomic E-state index is 5.84. The number of aryl methyl sites for hydroxylation is 1. The smallest absolute Gasteiger partial charge is 0.00504 e. The van der Waals surface area contributed by atoms with E-state index < -0.39 is 0 Å². The van der Waals surface area contributed by atoms with Gasteiger partial charge in [0.15, 0.2) is 0 Å². The first-order chi connectivity index (χ1) is 7.72. The van der Waals surface area contributed by atoms with Gasteiger partial charge >= 0.3 is 0 Å². The highest BCUT2D eigenvalue weighted by atomic mass is 14.7. The second-order valence-corrected chi connectivity index (χ2v) is 5.04. The fourth-order valence-electron chi connectivity index (χ4n) is 2.57. The Hall–Kier alpha value is -1.34. The summed E-state index contributed by atoms with van der Waals surface area (Å²) in [6, 6.07) is 13.9. The van der Waals surface area contributed by atoms with E-state index in [9.17, 15) is 0 Å². The highest BCUT2D eigenvalue weighted by molar-refractivity contribution is 5.83. The van der Waals surface area contributed by atoms with E-state index in [0.717, 1.165) is 12.8 Å². The second kappa shape index (κ2) is 3.60. The standard InChI is InChI=1S/C15H17N/c1-10-2-3-12-7-13(5-4-11(12)6-10)14-8-15(16)9-14/h2-7,14-15H,8-9,16H2,1H3. The minimum Gasteiger partial charge on any atom is -0.328 e. The Morgan fingerprint density at radius 2 is 1.69 bits per heavy atom. The summed E-state index contributed by atoms with van der Waals surface area (Å²) in [5.41, 5.74) is 8.62. The quantitative estimate of drug-likeness (QED) is 0.769. The van der Waals surface area contributed by atoms with Crippen LogP contribution in [0.4, 0.5) is 0 Å². The lowest BCUT2D eigenvalue weighted by atomic mass is 9.76. The third kappa shape index (κ3) is 1.61. The Bertz CT molecular complexity index is 524. The number of benzene rings is 2. The summed E-state index contributed by atoms with van der Waals surface area (Å²) in [6.45, 7) is 2.14. The molecule has 0 unspecified atom stereocenters. The summed E-state index contributed by atoms with van der Waals surface area (Å²) in [5.74, 6) is 0.695. The Morgan fingerprint density at radius 3 is 2.44 bits per heavy atom. The zero-order chi connectivity index (χ0) is 11.1. The first-order valence-electron chi connectivity index (χ1n) is 5.98. The maximum Gasteiger partial charge on any atom is 0.00504 e. The molecule has 1 aliphatic rings. The van der Waals surface area contributed by atoms with Crippen molar-refractivity contribution in [2.75, 3.05) is 0 Å². The van der Waals surface area contributed by atoms with Crippen molar-refractivity contribution >= 4 is 10.8 Å². The van der Waals surface area contributed by atoms with Crippen LogP contribution in [0, 0.1) is 6.92 Å². The molecule has 2 aromatic rings. The van der Waals surface area contributed by atoms with Gasteiger partial charge in [-0.05, 0) is 42.0 Å². The third-order valence-electron chi connectivity index (χ3n) is 3.67. The summed E-state index contributed by atoms with van der Waals surface area (Å²) in [7, 11) is 0. The van der Waals surface area contributed by atoms with Gasteiger partial charge in [-0.15, -0.1) is 0 Å². The van der Waals surface area contributed by atoms with Gasteiger partial charge < -0.3 is 5.73 Å². The molecule has 82 valence electrons. The summed E-state index contributed by atoms with van der Waals surface area (Å²) >= 11 is 0. The molecule has 2 N–H and O–H groups in total. The molecule has 0 amide bonds. The van der Waals surface area contributed by atoms with Gasteiger partial charge in [-0.3, -0.25) is 0 Å². The van der Waals surface area contributed by atoms with E-state index in [2.05, 4.69) is 43.3 Å². The summed E-state index contributed by atoms with van der Waals surface area (Å²) in [6.07, 6.45) is 2.30. The van der Waals surface area contributed by atoms with Gasteiger partial charge in [0.05, 0.1) is 0 Å². The van der Waals surface area contributed by atoms with Gasteiger partial charge in [-0.2, -0.15) is 0 Å². The minimum atomic E-state index is 0.429. The van der Waals surface area contributed by atoms with Crippen LogP contribution in [0.3, 0.4) is 0 Å². The molecule has 0 bridgehead atoms. The van der Waals surface area contributed by atoms with E-state index >= 15 is 0 Å². The van der Waals surface area contributed by atoms with Gasteiger partial charge in [0.25, 0.3) is 0 Å². The van der Waals surface area contributed by atoms with E-state index in [1.54, 1.807) is 0 Å². The lowest BCUT2D eigenvalue weighted by molar-refractivity contribution is 0.352. The Morgan fingerprint density at radius 1 is 1.00 bits per heavy atom. The van der Waals surface area contributed by atoms with Gasteiger partial charge in [0.1, 0.15) is 0 Å². The molecule has 0 atom stereocenters. The molecule has 0 aliphatic heterocycles. The van der Waals surface area contributed by atoms with E-state index in [4.69, 9.17) is 5.73 Å². The van der Waals surface area contributed by atoms with Crippen molar-refractivity contribution < 1.29 is 0 Å². The van der Waals surface area contributed by atoms with Crippen molar-refractivity contribution in [3.63, 3.8) is 0 Å². The van der Waals surface area contributed by atoms with Crippen molar-refractivity contribution in [3.05, 3.63) is 47.5 Å². The fraction of sp³-hybridized carbons (Fsp3) is 0.333. The molecule has 0 aromatic heterocycles. The van der Waals surface area contributed by atoms with Crippen LogP contribution in [0.2, 0.25) is 0 Å². The van der Waals surface area contributed by atoms with Crippen molar-refractivity contribution in [1.82, 2.24) is 0 Å². The van der Waals surface area contributed by atoms with E-state index in [-0.39, 0.29) is 0 Å². The Labute approximate surface area is 96.3 Å². The molecule has 0 spiro atoms. The van der Waals surface area contributed by atoms with Gasteiger partial charge in [-0.25, -0.2) is 0 Å². The SMILES string of the molecule is Cc1ccc2cc(C3CC(N)C3)ccc2c1. The Balaban J connectivity index is 2.00. The predicted octanol–water partition coefficient (Wildman–Crippen LogP) is 3.35. The number of hydrogen-bond donors (Lipinski definition) is 1. The predicted molar refractivity (Wildman–Crippen MR) is 68.6 cm³/mol. The van der Waals surface area contributed by atoms with Crippen molar-refractivity contribution in [2.45, 2.75) is 31.7 Å². The fourth-order valence-corrected chi connectivity index (χ4v) is 2.57. The van der Waals surface area contributed by atoms with Crippen LogP contribution in [0.1, 0.15) is 29.9 Å². The van der Waals surface area contributed by atoms with Crippen LogP contribution < -0.4 is 5.73 Å². The first kappa shape index (κ1) is 9.86. The van der Waals surface area contributed by atoms with Crippen LogP contribution in [0.5, 0.6) is 0 Å². The number of nitrogens with two attached hydrogens (primary N) is 1. The molecule has 0 saturated heterocycles. The third-order valence-corrected chi connectivity index (χ3v) is 3.67. The largest absolute Gasteiger partial charge is 0.328 e. The molecule has 1 nitrogen and oxygen atoms in total. The van der Waals surface area contributed by atoms with Gasteiger partial charge in [0.2, 0.25) is 0 Å². The van der Waals surface area contributed by atoms with Crippen molar-refractivity contribution in [1.29, 1.82) is 0 Å². The molecule has 1 heteroatoms. The maximum absolute atomic E-state index is 5.84. The molecule has 3 rings (SSSR count). The number of fused-ring (bicyclic) bond motifs is 1. The van der Waals surface area contributed by atoms with Crippen LogP contribution in [0.15, 0.2) is 36.4 Å². The van der Waals surface area contributed by atoms with Crippen LogP contribution in [-0.4, -0.2) is 6.04 Å². The second-order valence-electron chi connectivity index (χ2n) is 5.04. The summed E-state index contributed by atoms with van der Waals surface area (Å²) in [5, 5.41) is 2.69. The molecule has 16 heavy (non-hydrogen) atoms. The average Bonchev–Trinajstić information content (AvgIpc) is 2.24. The van der Waals surface area contributed by atoms with E-state index in [1.165, 1.54) is 21.9 Å². The topological polar surface area (TPSA) is 26.0 Å².